The summed E-state index contributed by atoms with van der Waals surface area (Å²) in [6, 6.07) is 4.77. The van der Waals surface area contributed by atoms with Crippen molar-refractivity contribution in [3.63, 3.8) is 0 Å². The van der Waals surface area contributed by atoms with Crippen LogP contribution in [0.2, 0.25) is 0 Å². The van der Waals surface area contributed by atoms with Crippen molar-refractivity contribution in [3.05, 3.63) is 47.3 Å². The highest BCUT2D eigenvalue weighted by molar-refractivity contribution is 5.88. The van der Waals surface area contributed by atoms with E-state index >= 15 is 0 Å². The van der Waals surface area contributed by atoms with Crippen LogP contribution in [-0.4, -0.2) is 16.2 Å². The number of nitrogens with zero attached hydrogens (tertiary/aromatic N) is 1. The zero-order valence-electron chi connectivity index (χ0n) is 9.21. The molecule has 0 bridgehead atoms. The summed E-state index contributed by atoms with van der Waals surface area (Å²) in [5, 5.41) is 12.4. The van der Waals surface area contributed by atoms with Crippen LogP contribution in [0.1, 0.15) is 21.5 Å². The normalized spacial score (nSPS) is 10.2. The Morgan fingerprint density at radius 2 is 2.35 bits per heavy atom. The van der Waals surface area contributed by atoms with Crippen molar-refractivity contribution in [2.45, 2.75) is 13.5 Å². The van der Waals surface area contributed by atoms with E-state index in [0.717, 1.165) is 11.1 Å². The van der Waals surface area contributed by atoms with Gasteiger partial charge in [0.15, 0.2) is 0 Å². The summed E-state index contributed by atoms with van der Waals surface area (Å²) in [6.07, 6.45) is 3.03. The van der Waals surface area contributed by atoms with Gasteiger partial charge in [-0.1, -0.05) is 11.2 Å². The van der Waals surface area contributed by atoms with Crippen LogP contribution in [-0.2, 0) is 6.61 Å². The minimum atomic E-state index is -0.972. The second kappa shape index (κ2) is 4.69. The molecule has 1 aromatic heterocycles. The number of rotatable bonds is 4. The molecule has 0 fully saturated rings. The molecule has 0 aliphatic rings. The van der Waals surface area contributed by atoms with Gasteiger partial charge in [0.1, 0.15) is 18.6 Å². The average Bonchev–Trinajstić information content (AvgIpc) is 2.80. The van der Waals surface area contributed by atoms with Crippen molar-refractivity contribution in [1.29, 1.82) is 0 Å². The first-order valence-corrected chi connectivity index (χ1v) is 5.02. The number of hydrogen-bond donors (Lipinski definition) is 1. The first kappa shape index (κ1) is 11.2. The summed E-state index contributed by atoms with van der Waals surface area (Å²) in [4.78, 5) is 10.8. The number of benzene rings is 1. The minimum Gasteiger partial charge on any atom is -0.488 e. The number of aryl methyl sites for hydroxylation is 1. The van der Waals surface area contributed by atoms with E-state index in [4.69, 9.17) is 9.84 Å². The molecule has 88 valence electrons. The fourth-order valence-electron chi connectivity index (χ4n) is 1.35. The Morgan fingerprint density at radius 1 is 1.53 bits per heavy atom. The fraction of sp³-hybridized carbons (Fsp3) is 0.167. The highest BCUT2D eigenvalue weighted by Gasteiger charge is 2.07. The maximum absolute atomic E-state index is 10.8. The predicted octanol–water partition coefficient (Wildman–Crippen LogP) is 2.26. The molecule has 0 saturated heterocycles. The highest BCUT2D eigenvalue weighted by Crippen LogP contribution is 2.20. The van der Waals surface area contributed by atoms with Crippen LogP contribution in [0.25, 0.3) is 0 Å². The van der Waals surface area contributed by atoms with E-state index < -0.39 is 5.97 Å². The number of carbonyl (C=O) groups is 1. The fourth-order valence-corrected chi connectivity index (χ4v) is 1.35. The molecule has 5 nitrogen and oxygen atoms in total. The van der Waals surface area contributed by atoms with E-state index in [9.17, 15) is 4.79 Å². The number of ether oxygens (including phenoxy) is 1. The quantitative estimate of drug-likeness (QED) is 0.876. The Morgan fingerprint density at radius 3 is 3.00 bits per heavy atom. The van der Waals surface area contributed by atoms with Gasteiger partial charge in [-0.25, -0.2) is 4.79 Å². The second-order valence-corrected chi connectivity index (χ2v) is 3.61. The molecule has 0 unspecified atom stereocenters. The standard InChI is InChI=1S/C12H11NO4/c1-8-2-3-10(12(14)15)4-11(8)16-6-9-5-13-17-7-9/h2-5,7H,6H2,1H3,(H,14,15). The molecule has 0 aliphatic carbocycles. The smallest absolute Gasteiger partial charge is 0.335 e. The van der Waals surface area contributed by atoms with Crippen LogP contribution >= 0.6 is 0 Å². The third-order valence-corrected chi connectivity index (χ3v) is 2.31. The van der Waals surface area contributed by atoms with Gasteiger partial charge in [-0.15, -0.1) is 0 Å². The van der Waals surface area contributed by atoms with Crippen molar-refractivity contribution in [2.24, 2.45) is 0 Å². The van der Waals surface area contributed by atoms with Crippen molar-refractivity contribution in [2.75, 3.05) is 0 Å². The lowest BCUT2D eigenvalue weighted by atomic mass is 10.1. The number of aromatic carboxylic acids is 1. The molecule has 1 aromatic carbocycles. The van der Waals surface area contributed by atoms with E-state index in [0.29, 0.717) is 12.4 Å². The molecule has 1 N–H and O–H groups in total. The second-order valence-electron chi connectivity index (χ2n) is 3.61. The molecule has 0 amide bonds. The number of carboxylic acid groups (broad SMARTS) is 1. The Balaban J connectivity index is 2.14. The van der Waals surface area contributed by atoms with E-state index in [-0.39, 0.29) is 5.56 Å². The SMILES string of the molecule is Cc1ccc(C(=O)O)cc1OCc1cnoc1. The molecule has 0 aliphatic heterocycles. The Hall–Kier alpha value is -2.30. The van der Waals surface area contributed by atoms with Gasteiger partial charge < -0.3 is 14.4 Å². The Labute approximate surface area is 97.6 Å². The molecule has 0 saturated carbocycles. The zero-order chi connectivity index (χ0) is 12.3. The molecule has 0 radical (unpaired) electrons. The maximum atomic E-state index is 10.8. The molecule has 0 spiro atoms. The number of carboxylic acids is 1. The van der Waals surface area contributed by atoms with Crippen LogP contribution in [0.4, 0.5) is 0 Å². The number of aromatic nitrogens is 1. The van der Waals surface area contributed by atoms with Crippen LogP contribution in [0.3, 0.4) is 0 Å². The van der Waals surface area contributed by atoms with Gasteiger partial charge >= 0.3 is 5.97 Å². The van der Waals surface area contributed by atoms with Crippen molar-refractivity contribution >= 4 is 5.97 Å². The maximum Gasteiger partial charge on any atom is 0.335 e. The lowest BCUT2D eigenvalue weighted by Gasteiger charge is -2.08. The molecule has 2 aromatic rings. The lowest BCUT2D eigenvalue weighted by molar-refractivity contribution is 0.0696. The Kier molecular flexibility index (Phi) is 3.09. The molecular formula is C12H11NO4. The van der Waals surface area contributed by atoms with Crippen LogP contribution in [0.5, 0.6) is 5.75 Å². The van der Waals surface area contributed by atoms with Crippen LogP contribution < -0.4 is 4.74 Å². The van der Waals surface area contributed by atoms with Gasteiger partial charge in [0.05, 0.1) is 11.8 Å². The van der Waals surface area contributed by atoms with Crippen molar-refractivity contribution < 1.29 is 19.2 Å². The van der Waals surface area contributed by atoms with Crippen LogP contribution in [0.15, 0.2) is 35.2 Å². The summed E-state index contributed by atoms with van der Waals surface area (Å²) in [5.74, 6) is -0.425. The molecule has 0 atom stereocenters. The average molecular weight is 233 g/mol. The monoisotopic (exact) mass is 233 g/mol. The van der Waals surface area contributed by atoms with Gasteiger partial charge in [-0.05, 0) is 24.6 Å². The lowest BCUT2D eigenvalue weighted by Crippen LogP contribution is -2.00. The largest absolute Gasteiger partial charge is 0.488 e. The van der Waals surface area contributed by atoms with E-state index in [1.807, 2.05) is 6.92 Å². The summed E-state index contributed by atoms with van der Waals surface area (Å²) in [7, 11) is 0. The van der Waals surface area contributed by atoms with E-state index in [1.165, 1.54) is 12.3 Å². The Bertz CT molecular complexity index is 519. The van der Waals surface area contributed by atoms with Crippen molar-refractivity contribution in [1.82, 2.24) is 5.16 Å². The topological polar surface area (TPSA) is 72.6 Å². The predicted molar refractivity (Wildman–Crippen MR) is 59.0 cm³/mol. The molecular weight excluding hydrogens is 222 g/mol. The summed E-state index contributed by atoms with van der Waals surface area (Å²) < 4.78 is 10.2. The third kappa shape index (κ3) is 2.63. The van der Waals surface area contributed by atoms with Crippen LogP contribution in [0, 0.1) is 6.92 Å². The molecule has 2 rings (SSSR count). The van der Waals surface area contributed by atoms with Gasteiger partial charge in [-0.3, -0.25) is 0 Å². The van der Waals surface area contributed by atoms with Crippen molar-refractivity contribution in [3.8, 4) is 5.75 Å². The molecule has 17 heavy (non-hydrogen) atoms. The first-order chi connectivity index (χ1) is 8.16. The zero-order valence-corrected chi connectivity index (χ0v) is 9.21. The van der Waals surface area contributed by atoms with Gasteiger partial charge in [-0.2, -0.15) is 0 Å². The van der Waals surface area contributed by atoms with Gasteiger partial charge in [0.2, 0.25) is 0 Å². The van der Waals surface area contributed by atoms with E-state index in [2.05, 4.69) is 9.68 Å². The highest BCUT2D eigenvalue weighted by atomic mass is 16.5. The minimum absolute atomic E-state index is 0.205. The van der Waals surface area contributed by atoms with Gasteiger partial charge in [0.25, 0.3) is 0 Å². The van der Waals surface area contributed by atoms with E-state index in [1.54, 1.807) is 18.3 Å². The third-order valence-electron chi connectivity index (χ3n) is 2.31. The summed E-state index contributed by atoms with van der Waals surface area (Å²) >= 11 is 0. The molecule has 1 heterocycles. The summed E-state index contributed by atoms with van der Waals surface area (Å²) in [5.41, 5.74) is 1.88. The number of hydrogen-bond acceptors (Lipinski definition) is 4. The first-order valence-electron chi connectivity index (χ1n) is 5.02. The van der Waals surface area contributed by atoms with Gasteiger partial charge in [0, 0.05) is 5.56 Å². The molecule has 5 heteroatoms. The summed E-state index contributed by atoms with van der Waals surface area (Å²) in [6.45, 7) is 2.15.